The number of anilines is 1. The lowest BCUT2D eigenvalue weighted by atomic mass is 10.3. The van der Waals surface area contributed by atoms with Gasteiger partial charge in [0, 0.05) is 9.26 Å². The molecule has 0 heterocycles. The molecular formula is C10H10IN. The molecular weight excluding hydrogens is 261 g/mol. The van der Waals surface area contributed by atoms with Gasteiger partial charge in [0.25, 0.3) is 0 Å². The zero-order valence-electron chi connectivity index (χ0n) is 6.84. The van der Waals surface area contributed by atoms with E-state index >= 15 is 0 Å². The minimum Gasteiger partial charge on any atom is -0.371 e. The Morgan fingerprint density at radius 2 is 2.17 bits per heavy atom. The fourth-order valence-corrected chi connectivity index (χ4v) is 1.40. The van der Waals surface area contributed by atoms with Crippen molar-refractivity contribution in [1.82, 2.24) is 0 Å². The Hall–Kier alpha value is -0.690. The average Bonchev–Trinajstić information content (AvgIpc) is 2.09. The van der Waals surface area contributed by atoms with Gasteiger partial charge in [-0.05, 0) is 41.6 Å². The van der Waals surface area contributed by atoms with E-state index in [9.17, 15) is 0 Å². The first kappa shape index (κ1) is 9.40. The largest absolute Gasteiger partial charge is 0.371 e. The summed E-state index contributed by atoms with van der Waals surface area (Å²) in [5, 5.41) is 3.22. The number of nitrogens with one attached hydrogen (secondary N) is 1. The number of halogens is 1. The van der Waals surface area contributed by atoms with Gasteiger partial charge in [0.05, 0.1) is 6.04 Å². The predicted octanol–water partition coefficient (Wildman–Crippen LogP) is 2.72. The Morgan fingerprint density at radius 1 is 1.50 bits per heavy atom. The third kappa shape index (κ3) is 2.42. The van der Waals surface area contributed by atoms with Crippen LogP contribution in [-0.4, -0.2) is 6.04 Å². The number of para-hydroxylation sites is 1. The molecule has 0 aliphatic carbocycles. The topological polar surface area (TPSA) is 12.0 Å². The second kappa shape index (κ2) is 4.36. The van der Waals surface area contributed by atoms with Crippen molar-refractivity contribution in [3.05, 3.63) is 27.8 Å². The standard InChI is InChI=1S/C10H10IN/c1-3-8(2)12-10-7-5-4-6-9(10)11/h1,4-8,12H,2H3. The van der Waals surface area contributed by atoms with Crippen LogP contribution in [0.3, 0.4) is 0 Å². The molecule has 2 heteroatoms. The third-order valence-electron chi connectivity index (χ3n) is 1.50. The van der Waals surface area contributed by atoms with Crippen LogP contribution in [0, 0.1) is 15.9 Å². The Balaban J connectivity index is 2.77. The van der Waals surface area contributed by atoms with E-state index in [4.69, 9.17) is 6.42 Å². The van der Waals surface area contributed by atoms with Crippen LogP contribution >= 0.6 is 22.6 Å². The van der Waals surface area contributed by atoms with Crippen LogP contribution in [0.4, 0.5) is 5.69 Å². The molecule has 12 heavy (non-hydrogen) atoms. The summed E-state index contributed by atoms with van der Waals surface area (Å²) in [7, 11) is 0. The van der Waals surface area contributed by atoms with Crippen molar-refractivity contribution in [2.75, 3.05) is 5.32 Å². The molecule has 1 nitrogen and oxygen atoms in total. The maximum absolute atomic E-state index is 5.26. The van der Waals surface area contributed by atoms with Crippen LogP contribution in [0.15, 0.2) is 24.3 Å². The Kier molecular flexibility index (Phi) is 3.42. The minimum absolute atomic E-state index is 0.0842. The molecule has 62 valence electrons. The molecule has 0 aliphatic heterocycles. The van der Waals surface area contributed by atoms with Crippen LogP contribution in [0.2, 0.25) is 0 Å². The SMILES string of the molecule is C#CC(C)Nc1ccccc1I. The molecule has 0 aromatic heterocycles. The molecule has 1 aromatic carbocycles. The first-order valence-corrected chi connectivity index (χ1v) is 4.79. The predicted molar refractivity (Wildman–Crippen MR) is 61.1 cm³/mol. The van der Waals surface area contributed by atoms with E-state index in [1.807, 2.05) is 31.2 Å². The summed E-state index contributed by atoms with van der Waals surface area (Å²) in [6.07, 6.45) is 5.26. The van der Waals surface area contributed by atoms with Crippen molar-refractivity contribution in [3.8, 4) is 12.3 Å². The molecule has 1 unspecified atom stereocenters. The molecule has 0 amide bonds. The Morgan fingerprint density at radius 3 is 2.75 bits per heavy atom. The monoisotopic (exact) mass is 271 g/mol. The van der Waals surface area contributed by atoms with Crippen LogP contribution in [0.1, 0.15) is 6.92 Å². The first-order chi connectivity index (χ1) is 5.74. The van der Waals surface area contributed by atoms with Gasteiger partial charge in [-0.25, -0.2) is 0 Å². The average molecular weight is 271 g/mol. The number of terminal acetylenes is 1. The van der Waals surface area contributed by atoms with Crippen molar-refractivity contribution in [2.24, 2.45) is 0 Å². The minimum atomic E-state index is 0.0842. The molecule has 0 spiro atoms. The van der Waals surface area contributed by atoms with Gasteiger partial charge in [-0.3, -0.25) is 0 Å². The molecule has 0 saturated heterocycles. The van der Waals surface area contributed by atoms with Crippen molar-refractivity contribution in [3.63, 3.8) is 0 Å². The molecule has 0 saturated carbocycles. The van der Waals surface area contributed by atoms with Gasteiger partial charge in [-0.1, -0.05) is 18.1 Å². The molecule has 0 aliphatic rings. The zero-order valence-corrected chi connectivity index (χ0v) is 9.00. The third-order valence-corrected chi connectivity index (χ3v) is 2.44. The van der Waals surface area contributed by atoms with Crippen molar-refractivity contribution >= 4 is 28.3 Å². The van der Waals surface area contributed by atoms with Gasteiger partial charge in [0.15, 0.2) is 0 Å². The summed E-state index contributed by atoms with van der Waals surface area (Å²) in [4.78, 5) is 0. The van der Waals surface area contributed by atoms with E-state index in [1.54, 1.807) is 0 Å². The highest BCUT2D eigenvalue weighted by molar-refractivity contribution is 14.1. The van der Waals surface area contributed by atoms with Crippen LogP contribution < -0.4 is 5.32 Å². The highest BCUT2D eigenvalue weighted by Gasteiger charge is 1.99. The van der Waals surface area contributed by atoms with E-state index in [0.717, 1.165) is 5.69 Å². The quantitative estimate of drug-likeness (QED) is 0.644. The van der Waals surface area contributed by atoms with E-state index in [1.165, 1.54) is 3.57 Å². The van der Waals surface area contributed by atoms with Gasteiger partial charge in [0.1, 0.15) is 0 Å². The molecule has 0 radical (unpaired) electrons. The second-order valence-electron chi connectivity index (χ2n) is 2.51. The molecule has 0 bridgehead atoms. The van der Waals surface area contributed by atoms with E-state index < -0.39 is 0 Å². The molecule has 1 aromatic rings. The smallest absolute Gasteiger partial charge is 0.0846 e. The normalized spacial score (nSPS) is 11.8. The summed E-state index contributed by atoms with van der Waals surface area (Å²) < 4.78 is 1.19. The summed E-state index contributed by atoms with van der Waals surface area (Å²) >= 11 is 2.28. The summed E-state index contributed by atoms with van der Waals surface area (Å²) in [5.74, 6) is 2.63. The summed E-state index contributed by atoms with van der Waals surface area (Å²) in [6, 6.07) is 8.16. The Bertz CT molecular complexity index is 301. The Labute approximate surface area is 86.7 Å². The molecule has 1 N–H and O–H groups in total. The molecule has 0 fully saturated rings. The number of rotatable bonds is 2. The summed E-state index contributed by atoms with van der Waals surface area (Å²) in [5.41, 5.74) is 1.10. The lowest BCUT2D eigenvalue weighted by molar-refractivity contribution is 1.03. The highest BCUT2D eigenvalue weighted by atomic mass is 127. The maximum Gasteiger partial charge on any atom is 0.0846 e. The number of hydrogen-bond acceptors (Lipinski definition) is 1. The van der Waals surface area contributed by atoms with Gasteiger partial charge < -0.3 is 5.32 Å². The van der Waals surface area contributed by atoms with E-state index in [2.05, 4.69) is 33.8 Å². The molecule has 1 rings (SSSR count). The fraction of sp³-hybridized carbons (Fsp3) is 0.200. The van der Waals surface area contributed by atoms with Gasteiger partial charge in [0.2, 0.25) is 0 Å². The highest BCUT2D eigenvalue weighted by Crippen LogP contribution is 2.17. The van der Waals surface area contributed by atoms with E-state index in [-0.39, 0.29) is 6.04 Å². The second-order valence-corrected chi connectivity index (χ2v) is 3.67. The summed E-state index contributed by atoms with van der Waals surface area (Å²) in [6.45, 7) is 1.96. The lowest BCUT2D eigenvalue weighted by Crippen LogP contribution is -2.12. The van der Waals surface area contributed by atoms with E-state index in [0.29, 0.717) is 0 Å². The van der Waals surface area contributed by atoms with Crippen molar-refractivity contribution in [2.45, 2.75) is 13.0 Å². The maximum atomic E-state index is 5.26. The van der Waals surface area contributed by atoms with Gasteiger partial charge in [-0.2, -0.15) is 0 Å². The van der Waals surface area contributed by atoms with Crippen LogP contribution in [0.25, 0.3) is 0 Å². The van der Waals surface area contributed by atoms with Gasteiger partial charge in [-0.15, -0.1) is 6.42 Å². The number of benzene rings is 1. The van der Waals surface area contributed by atoms with Crippen LogP contribution in [-0.2, 0) is 0 Å². The van der Waals surface area contributed by atoms with Crippen molar-refractivity contribution in [1.29, 1.82) is 0 Å². The first-order valence-electron chi connectivity index (χ1n) is 3.71. The lowest BCUT2D eigenvalue weighted by Gasteiger charge is -2.10. The molecule has 1 atom stereocenters. The zero-order chi connectivity index (χ0) is 8.97. The van der Waals surface area contributed by atoms with Gasteiger partial charge >= 0.3 is 0 Å². The fourth-order valence-electron chi connectivity index (χ4n) is 0.853. The van der Waals surface area contributed by atoms with Crippen molar-refractivity contribution < 1.29 is 0 Å². The van der Waals surface area contributed by atoms with Crippen LogP contribution in [0.5, 0.6) is 0 Å². The number of hydrogen-bond donors (Lipinski definition) is 1.